The summed E-state index contributed by atoms with van der Waals surface area (Å²) in [4.78, 5) is 4.26. The number of nitrogens with one attached hydrogen (secondary N) is 1. The van der Waals surface area contributed by atoms with Gasteiger partial charge in [0.05, 0.1) is 22.9 Å². The van der Waals surface area contributed by atoms with E-state index in [9.17, 15) is 14.8 Å². The van der Waals surface area contributed by atoms with Gasteiger partial charge in [0.1, 0.15) is 35.9 Å². The largest absolute Gasteiger partial charge is 0.488 e. The number of pyridine rings is 1. The standard InChI is InChI=1S/C19H16ClFN4O3/c20-15-5-12(1-2-16(15)21)25-18-10(6-22)7-24-19-14(18)3-11(23)4-17(19)28-9-13(27)8-26/h1-5,7,13,26-27H,8-9,23H2,(H,24,25). The second-order valence-corrected chi connectivity index (χ2v) is 6.38. The van der Waals surface area contributed by atoms with Crippen molar-refractivity contribution in [1.29, 1.82) is 5.26 Å². The molecule has 3 aromatic rings. The van der Waals surface area contributed by atoms with Crippen molar-refractivity contribution in [2.45, 2.75) is 6.10 Å². The van der Waals surface area contributed by atoms with Gasteiger partial charge in [0.25, 0.3) is 0 Å². The number of aromatic nitrogens is 1. The second kappa shape index (κ2) is 8.27. The highest BCUT2D eigenvalue weighted by molar-refractivity contribution is 6.31. The zero-order chi connectivity index (χ0) is 20.3. The van der Waals surface area contributed by atoms with Crippen LogP contribution in [0.25, 0.3) is 10.9 Å². The highest BCUT2D eigenvalue weighted by Crippen LogP contribution is 2.36. The van der Waals surface area contributed by atoms with Crippen molar-refractivity contribution < 1.29 is 19.3 Å². The first-order chi connectivity index (χ1) is 13.4. The van der Waals surface area contributed by atoms with Crippen molar-refractivity contribution in [2.75, 3.05) is 24.3 Å². The van der Waals surface area contributed by atoms with Gasteiger partial charge < -0.3 is 26.0 Å². The molecule has 1 aromatic heterocycles. The first kappa shape index (κ1) is 19.6. The molecule has 9 heteroatoms. The van der Waals surface area contributed by atoms with E-state index in [0.29, 0.717) is 28.0 Å². The summed E-state index contributed by atoms with van der Waals surface area (Å²) in [5.41, 5.74) is 7.81. The summed E-state index contributed by atoms with van der Waals surface area (Å²) in [6.07, 6.45) is 0.301. The van der Waals surface area contributed by atoms with E-state index in [0.717, 1.165) is 0 Å². The van der Waals surface area contributed by atoms with E-state index in [4.69, 9.17) is 27.2 Å². The van der Waals surface area contributed by atoms with Crippen LogP contribution in [0.4, 0.5) is 21.5 Å². The van der Waals surface area contributed by atoms with Crippen molar-refractivity contribution in [3.05, 3.63) is 52.9 Å². The lowest BCUT2D eigenvalue weighted by Gasteiger charge is -2.16. The van der Waals surface area contributed by atoms with Crippen LogP contribution in [-0.4, -0.2) is 34.5 Å². The van der Waals surface area contributed by atoms with Crippen molar-refractivity contribution >= 4 is 39.6 Å². The molecule has 0 bridgehead atoms. The summed E-state index contributed by atoms with van der Waals surface area (Å²) >= 11 is 5.83. The minimum Gasteiger partial charge on any atom is -0.488 e. The predicted octanol–water partition coefficient (Wildman–Crippen LogP) is 2.96. The monoisotopic (exact) mass is 402 g/mol. The van der Waals surface area contributed by atoms with Gasteiger partial charge in [-0.1, -0.05) is 11.6 Å². The Kier molecular flexibility index (Phi) is 5.80. The fraction of sp³-hybridized carbons (Fsp3) is 0.158. The molecular weight excluding hydrogens is 387 g/mol. The summed E-state index contributed by atoms with van der Waals surface area (Å²) in [5.74, 6) is -0.276. The lowest BCUT2D eigenvalue weighted by atomic mass is 10.1. The Morgan fingerprint density at radius 1 is 1.36 bits per heavy atom. The van der Waals surface area contributed by atoms with E-state index in [1.165, 1.54) is 30.5 Å². The summed E-state index contributed by atoms with van der Waals surface area (Å²) in [7, 11) is 0. The first-order valence-electron chi connectivity index (χ1n) is 8.19. The van der Waals surface area contributed by atoms with Crippen LogP contribution < -0.4 is 15.8 Å². The molecule has 0 saturated heterocycles. The topological polar surface area (TPSA) is 124 Å². The van der Waals surface area contributed by atoms with Crippen molar-refractivity contribution in [2.24, 2.45) is 0 Å². The number of halogens is 2. The fourth-order valence-corrected chi connectivity index (χ4v) is 2.76. The van der Waals surface area contributed by atoms with Crippen LogP contribution in [0.2, 0.25) is 5.02 Å². The Hall–Kier alpha value is -3.12. The van der Waals surface area contributed by atoms with E-state index in [1.54, 1.807) is 6.07 Å². The molecule has 28 heavy (non-hydrogen) atoms. The molecule has 0 aliphatic heterocycles. The Balaban J connectivity index is 2.11. The highest BCUT2D eigenvalue weighted by atomic mass is 35.5. The van der Waals surface area contributed by atoms with E-state index in [1.807, 2.05) is 6.07 Å². The van der Waals surface area contributed by atoms with Gasteiger partial charge in [-0.25, -0.2) is 4.39 Å². The Morgan fingerprint density at radius 3 is 2.82 bits per heavy atom. The number of hydrogen-bond acceptors (Lipinski definition) is 7. The number of anilines is 3. The number of rotatable bonds is 6. The van der Waals surface area contributed by atoms with Gasteiger partial charge in [0.15, 0.2) is 0 Å². The molecule has 0 saturated carbocycles. The number of aliphatic hydroxyl groups excluding tert-OH is 2. The second-order valence-electron chi connectivity index (χ2n) is 5.98. The van der Waals surface area contributed by atoms with Gasteiger partial charge >= 0.3 is 0 Å². The van der Waals surface area contributed by atoms with Gasteiger partial charge in [-0.05, 0) is 24.3 Å². The zero-order valence-electron chi connectivity index (χ0n) is 14.5. The van der Waals surface area contributed by atoms with Crippen LogP contribution in [0, 0.1) is 17.1 Å². The Bertz CT molecular complexity index is 1070. The molecule has 7 nitrogen and oxygen atoms in total. The third kappa shape index (κ3) is 4.07. The molecule has 1 unspecified atom stereocenters. The van der Waals surface area contributed by atoms with Gasteiger partial charge in [-0.3, -0.25) is 4.98 Å². The van der Waals surface area contributed by atoms with Crippen LogP contribution >= 0.6 is 11.6 Å². The van der Waals surface area contributed by atoms with E-state index in [2.05, 4.69) is 10.3 Å². The number of nitrogens with two attached hydrogens (primary N) is 1. The molecule has 2 aromatic carbocycles. The van der Waals surface area contributed by atoms with Crippen molar-refractivity contribution in [3.8, 4) is 11.8 Å². The molecule has 0 spiro atoms. The molecule has 0 radical (unpaired) electrons. The third-order valence-electron chi connectivity index (χ3n) is 3.91. The van der Waals surface area contributed by atoms with Crippen LogP contribution in [0.5, 0.6) is 5.75 Å². The van der Waals surface area contributed by atoms with Crippen LogP contribution in [-0.2, 0) is 0 Å². The Morgan fingerprint density at radius 2 is 2.14 bits per heavy atom. The average Bonchev–Trinajstić information content (AvgIpc) is 2.69. The van der Waals surface area contributed by atoms with Crippen LogP contribution in [0.15, 0.2) is 36.5 Å². The number of aliphatic hydroxyl groups is 2. The summed E-state index contributed by atoms with van der Waals surface area (Å²) in [6, 6.07) is 9.28. The number of nitrogens with zero attached hydrogens (tertiary/aromatic N) is 2. The number of fused-ring (bicyclic) bond motifs is 1. The van der Waals surface area contributed by atoms with Gasteiger partial charge in [-0.2, -0.15) is 5.26 Å². The highest BCUT2D eigenvalue weighted by Gasteiger charge is 2.15. The van der Waals surface area contributed by atoms with Gasteiger partial charge in [0.2, 0.25) is 0 Å². The lowest BCUT2D eigenvalue weighted by Crippen LogP contribution is -2.21. The van der Waals surface area contributed by atoms with E-state index in [-0.39, 0.29) is 22.9 Å². The number of ether oxygens (including phenoxy) is 1. The van der Waals surface area contributed by atoms with E-state index >= 15 is 0 Å². The summed E-state index contributed by atoms with van der Waals surface area (Å²) in [6.45, 7) is -0.614. The Labute approximate surface area is 164 Å². The lowest BCUT2D eigenvalue weighted by molar-refractivity contribution is 0.0540. The first-order valence-corrected chi connectivity index (χ1v) is 8.57. The zero-order valence-corrected chi connectivity index (χ0v) is 15.2. The summed E-state index contributed by atoms with van der Waals surface area (Å²) in [5, 5.41) is 31.4. The van der Waals surface area contributed by atoms with Crippen LogP contribution in [0.3, 0.4) is 0 Å². The van der Waals surface area contributed by atoms with Gasteiger partial charge in [-0.15, -0.1) is 0 Å². The summed E-state index contributed by atoms with van der Waals surface area (Å²) < 4.78 is 19.0. The normalized spacial score (nSPS) is 11.8. The number of nitriles is 1. The number of hydrogen-bond donors (Lipinski definition) is 4. The maximum Gasteiger partial charge on any atom is 0.147 e. The van der Waals surface area contributed by atoms with Crippen molar-refractivity contribution in [3.63, 3.8) is 0 Å². The minimum atomic E-state index is -1.06. The molecule has 1 atom stereocenters. The third-order valence-corrected chi connectivity index (χ3v) is 4.20. The maximum atomic E-state index is 13.4. The number of nitrogen functional groups attached to an aromatic ring is 1. The molecule has 1 heterocycles. The quantitative estimate of drug-likeness (QED) is 0.467. The van der Waals surface area contributed by atoms with Crippen molar-refractivity contribution in [1.82, 2.24) is 4.98 Å². The molecule has 0 aliphatic carbocycles. The minimum absolute atomic E-state index is 0.0663. The van der Waals surface area contributed by atoms with Gasteiger partial charge in [0, 0.05) is 29.0 Å². The molecule has 144 valence electrons. The molecule has 5 N–H and O–H groups in total. The predicted molar refractivity (Wildman–Crippen MR) is 104 cm³/mol. The smallest absolute Gasteiger partial charge is 0.147 e. The average molecular weight is 403 g/mol. The van der Waals surface area contributed by atoms with Crippen LogP contribution in [0.1, 0.15) is 5.56 Å². The molecule has 0 fully saturated rings. The molecular formula is C19H16ClFN4O3. The fourth-order valence-electron chi connectivity index (χ4n) is 2.58. The SMILES string of the molecule is N#Cc1cnc2c(OCC(O)CO)cc(N)cc2c1Nc1ccc(F)c(Cl)c1. The maximum absolute atomic E-state index is 13.4. The molecule has 3 rings (SSSR count). The number of benzene rings is 2. The van der Waals surface area contributed by atoms with E-state index < -0.39 is 18.5 Å². The molecule has 0 aliphatic rings. The molecule has 0 amide bonds.